The molecule has 3 heterocycles. The predicted octanol–water partition coefficient (Wildman–Crippen LogP) is 5.32. The third-order valence-electron chi connectivity index (χ3n) is 6.83. The second-order valence-corrected chi connectivity index (χ2v) is 9.79. The van der Waals surface area contributed by atoms with Crippen LogP contribution in [-0.4, -0.2) is 44.2 Å². The summed E-state index contributed by atoms with van der Waals surface area (Å²) in [5.41, 5.74) is 4.58. The normalized spacial score (nSPS) is 19.1. The van der Waals surface area contributed by atoms with Gasteiger partial charge in [0.2, 0.25) is 0 Å². The van der Waals surface area contributed by atoms with E-state index in [1.807, 2.05) is 6.20 Å². The van der Waals surface area contributed by atoms with Crippen molar-refractivity contribution >= 4 is 16.7 Å². The number of fused-ring (bicyclic) bond motifs is 1. The molecule has 1 aromatic carbocycles. The Hall–Kier alpha value is -2.53. The number of benzene rings is 1. The van der Waals surface area contributed by atoms with Crippen molar-refractivity contribution in [1.82, 2.24) is 20.1 Å². The smallest absolute Gasteiger partial charge is 0.148 e. The van der Waals surface area contributed by atoms with Crippen molar-refractivity contribution in [3.05, 3.63) is 48.2 Å². The number of aromatic nitrogens is 3. The van der Waals surface area contributed by atoms with Crippen LogP contribution in [0.25, 0.3) is 22.2 Å². The van der Waals surface area contributed by atoms with E-state index in [4.69, 9.17) is 0 Å². The summed E-state index contributed by atoms with van der Waals surface area (Å²) < 4.78 is 0. The minimum Gasteiger partial charge on any atom is -0.366 e. The first kappa shape index (κ1) is 20.7. The van der Waals surface area contributed by atoms with E-state index in [0.717, 1.165) is 41.9 Å². The van der Waals surface area contributed by atoms with Crippen molar-refractivity contribution < 1.29 is 0 Å². The van der Waals surface area contributed by atoms with Gasteiger partial charge in [0.1, 0.15) is 5.82 Å². The van der Waals surface area contributed by atoms with E-state index < -0.39 is 0 Å². The average Bonchev–Trinajstić information content (AvgIpc) is 2.71. The second kappa shape index (κ2) is 7.62. The van der Waals surface area contributed by atoms with Gasteiger partial charge in [-0.2, -0.15) is 0 Å². The van der Waals surface area contributed by atoms with E-state index in [1.165, 1.54) is 10.9 Å². The number of nitrogens with one attached hydrogen (secondary N) is 1. The van der Waals surface area contributed by atoms with E-state index in [1.54, 1.807) is 0 Å². The zero-order valence-corrected chi connectivity index (χ0v) is 19.0. The number of hydrogen-bond donors (Lipinski definition) is 1. The molecule has 0 unspecified atom stereocenters. The van der Waals surface area contributed by atoms with Crippen LogP contribution in [0.4, 0.5) is 5.82 Å². The number of nitrogens with zero attached hydrogens (tertiary/aromatic N) is 4. The summed E-state index contributed by atoms with van der Waals surface area (Å²) in [6.07, 6.45) is 5.02. The maximum atomic E-state index is 4.52. The number of piperidine rings is 1. The van der Waals surface area contributed by atoms with Crippen LogP contribution in [-0.2, 0) is 6.42 Å². The van der Waals surface area contributed by atoms with E-state index in [0.29, 0.717) is 6.04 Å². The molecule has 1 aliphatic heterocycles. The molecule has 0 amide bonds. The van der Waals surface area contributed by atoms with Crippen molar-refractivity contribution in [2.24, 2.45) is 0 Å². The van der Waals surface area contributed by atoms with Gasteiger partial charge in [0.25, 0.3) is 0 Å². The summed E-state index contributed by atoms with van der Waals surface area (Å²) in [7, 11) is 2.23. The Balaban J connectivity index is 1.54. The van der Waals surface area contributed by atoms with Crippen LogP contribution in [0.15, 0.2) is 42.6 Å². The molecule has 0 bridgehead atoms. The maximum Gasteiger partial charge on any atom is 0.148 e. The Morgan fingerprint density at radius 2 is 1.73 bits per heavy atom. The van der Waals surface area contributed by atoms with Crippen LogP contribution >= 0.6 is 0 Å². The topological polar surface area (TPSA) is 53.9 Å². The summed E-state index contributed by atoms with van der Waals surface area (Å²) in [5.74, 6) is 0.844. The first-order chi connectivity index (χ1) is 14.2. The Labute approximate surface area is 179 Å². The Kier molecular flexibility index (Phi) is 5.27. The molecule has 1 N–H and O–H groups in total. The molecule has 0 spiro atoms. The Morgan fingerprint density at radius 3 is 2.37 bits per heavy atom. The van der Waals surface area contributed by atoms with Gasteiger partial charge in [0.15, 0.2) is 0 Å². The maximum absolute atomic E-state index is 4.52. The molecule has 4 rings (SSSR count). The third kappa shape index (κ3) is 3.91. The van der Waals surface area contributed by atoms with Gasteiger partial charge in [-0.25, -0.2) is 0 Å². The molecule has 0 aliphatic carbocycles. The monoisotopic (exact) mass is 403 g/mol. The fraction of sp³-hybridized carbons (Fsp3) is 0.480. The quantitative estimate of drug-likeness (QED) is 0.639. The highest BCUT2D eigenvalue weighted by molar-refractivity contribution is 5.86. The van der Waals surface area contributed by atoms with Crippen molar-refractivity contribution in [1.29, 1.82) is 0 Å². The number of likely N-dealkylation sites (tertiary alicyclic amines) is 1. The molecular formula is C25H33N5. The van der Waals surface area contributed by atoms with Gasteiger partial charge in [-0.3, -0.25) is 9.88 Å². The lowest BCUT2D eigenvalue weighted by Gasteiger charge is -2.53. The number of rotatable bonds is 4. The van der Waals surface area contributed by atoms with Crippen LogP contribution in [0.3, 0.4) is 0 Å². The predicted molar refractivity (Wildman–Crippen MR) is 125 cm³/mol. The molecule has 5 heteroatoms. The Bertz CT molecular complexity index is 1020. The number of anilines is 1. The molecule has 3 aromatic rings. The standard InChI is InChI=1S/C25H33N5/c1-7-17-12-13-26-22-9-8-18(14-20(17)22)21-10-11-23(29-28-21)27-19-15-24(2,3)30(6)25(4,5)16-19/h8-14,19H,7,15-16H2,1-6H3,(H,27,29). The largest absolute Gasteiger partial charge is 0.366 e. The molecule has 0 radical (unpaired) electrons. The van der Waals surface area contributed by atoms with Crippen molar-refractivity contribution in [3.63, 3.8) is 0 Å². The van der Waals surface area contributed by atoms with Gasteiger partial charge in [-0.05, 0) is 89.9 Å². The van der Waals surface area contributed by atoms with E-state index in [2.05, 4.69) is 103 Å². The molecule has 0 atom stereocenters. The fourth-order valence-electron chi connectivity index (χ4n) is 4.92. The lowest BCUT2D eigenvalue weighted by molar-refractivity contribution is -0.00773. The third-order valence-corrected chi connectivity index (χ3v) is 6.83. The molecule has 1 saturated heterocycles. The lowest BCUT2D eigenvalue weighted by atomic mass is 9.77. The van der Waals surface area contributed by atoms with Gasteiger partial charge in [-0.15, -0.1) is 10.2 Å². The number of pyridine rings is 1. The molecular weight excluding hydrogens is 370 g/mol. The molecule has 30 heavy (non-hydrogen) atoms. The molecule has 1 fully saturated rings. The second-order valence-electron chi connectivity index (χ2n) is 9.79. The molecule has 2 aromatic heterocycles. The van der Waals surface area contributed by atoms with Crippen LogP contribution in [0.2, 0.25) is 0 Å². The molecule has 1 aliphatic rings. The van der Waals surface area contributed by atoms with Gasteiger partial charge < -0.3 is 5.32 Å². The zero-order valence-electron chi connectivity index (χ0n) is 19.0. The number of aryl methyl sites for hydroxylation is 1. The van der Waals surface area contributed by atoms with Crippen molar-refractivity contribution in [2.45, 2.75) is 71.0 Å². The minimum absolute atomic E-state index is 0.142. The van der Waals surface area contributed by atoms with E-state index >= 15 is 0 Å². The van der Waals surface area contributed by atoms with Gasteiger partial charge in [-0.1, -0.05) is 13.0 Å². The summed E-state index contributed by atoms with van der Waals surface area (Å²) in [4.78, 5) is 6.98. The van der Waals surface area contributed by atoms with Crippen LogP contribution < -0.4 is 5.32 Å². The lowest BCUT2D eigenvalue weighted by Crippen LogP contribution is -2.61. The van der Waals surface area contributed by atoms with Gasteiger partial charge >= 0.3 is 0 Å². The SMILES string of the molecule is CCc1ccnc2ccc(-c3ccc(NC4CC(C)(C)N(C)C(C)(C)C4)nn3)cc12. The van der Waals surface area contributed by atoms with Crippen LogP contribution in [0.1, 0.15) is 53.0 Å². The minimum atomic E-state index is 0.142. The van der Waals surface area contributed by atoms with Crippen molar-refractivity contribution in [3.8, 4) is 11.3 Å². The highest BCUT2D eigenvalue weighted by atomic mass is 15.3. The highest BCUT2D eigenvalue weighted by Crippen LogP contribution is 2.37. The molecule has 5 nitrogen and oxygen atoms in total. The van der Waals surface area contributed by atoms with Crippen LogP contribution in [0, 0.1) is 0 Å². The number of hydrogen-bond acceptors (Lipinski definition) is 5. The first-order valence-electron chi connectivity index (χ1n) is 10.9. The Morgan fingerprint density at radius 1 is 1.00 bits per heavy atom. The summed E-state index contributed by atoms with van der Waals surface area (Å²) in [6, 6.07) is 12.9. The van der Waals surface area contributed by atoms with Crippen LogP contribution in [0.5, 0.6) is 0 Å². The summed E-state index contributed by atoms with van der Waals surface area (Å²) >= 11 is 0. The highest BCUT2D eigenvalue weighted by Gasteiger charge is 2.43. The molecule has 158 valence electrons. The zero-order chi connectivity index (χ0) is 21.5. The summed E-state index contributed by atoms with van der Waals surface area (Å²) in [6.45, 7) is 11.4. The summed E-state index contributed by atoms with van der Waals surface area (Å²) in [5, 5.41) is 13.8. The van der Waals surface area contributed by atoms with Gasteiger partial charge in [0, 0.05) is 34.3 Å². The van der Waals surface area contributed by atoms with Crippen molar-refractivity contribution in [2.75, 3.05) is 12.4 Å². The van der Waals surface area contributed by atoms with E-state index in [-0.39, 0.29) is 11.1 Å². The first-order valence-corrected chi connectivity index (χ1v) is 10.9. The molecule has 0 saturated carbocycles. The average molecular weight is 404 g/mol. The van der Waals surface area contributed by atoms with Gasteiger partial charge in [0.05, 0.1) is 11.2 Å². The fourth-order valence-corrected chi connectivity index (χ4v) is 4.92. The van der Waals surface area contributed by atoms with E-state index in [9.17, 15) is 0 Å².